The predicted molar refractivity (Wildman–Crippen MR) is 153 cm³/mol. The van der Waals surface area contributed by atoms with Crippen LogP contribution in [0.4, 0.5) is 0 Å². The Morgan fingerprint density at radius 2 is 1.61 bits per heavy atom. The number of ether oxygens (including phenoxy) is 3. The summed E-state index contributed by atoms with van der Waals surface area (Å²) in [5.74, 6) is -2.68. The van der Waals surface area contributed by atoms with E-state index >= 15 is 0 Å². The van der Waals surface area contributed by atoms with E-state index in [0.29, 0.717) is 36.0 Å². The van der Waals surface area contributed by atoms with Gasteiger partial charge >= 0.3 is 17.9 Å². The molecule has 0 aromatic heterocycles. The maximum atomic E-state index is 12.8. The zero-order valence-corrected chi connectivity index (χ0v) is 24.8. The highest BCUT2D eigenvalue weighted by atomic mass is 16.6. The average Bonchev–Trinajstić information content (AvgIpc) is 2.89. The fourth-order valence-electron chi connectivity index (χ4n) is 7.51. The van der Waals surface area contributed by atoms with Crippen LogP contribution in [-0.4, -0.2) is 58.6 Å². The van der Waals surface area contributed by atoms with Crippen LogP contribution in [0.25, 0.3) is 6.08 Å². The van der Waals surface area contributed by atoms with Crippen LogP contribution in [0, 0.1) is 22.7 Å². The lowest BCUT2D eigenvalue weighted by atomic mass is 9.49. The molecule has 4 rings (SSSR count). The highest BCUT2D eigenvalue weighted by molar-refractivity contribution is 5.87. The van der Waals surface area contributed by atoms with Crippen LogP contribution in [0.5, 0.6) is 0 Å². The van der Waals surface area contributed by atoms with Crippen LogP contribution in [-0.2, 0) is 28.6 Å². The summed E-state index contributed by atoms with van der Waals surface area (Å²) in [6.07, 6.45) is -0.428. The number of hydrogen-bond acceptors (Lipinski definition) is 8. The molecule has 8 atom stereocenters. The Bertz CT molecular complexity index is 1260. The summed E-state index contributed by atoms with van der Waals surface area (Å²) in [5.41, 5.74) is 1.05. The second-order valence-electron chi connectivity index (χ2n) is 12.5. The fraction of sp³-hybridized carbons (Fsp3) is 0.545. The Labute approximate surface area is 242 Å². The number of hydrogen-bond donors (Lipinski definition) is 2. The minimum absolute atomic E-state index is 0.343. The molecule has 1 aromatic carbocycles. The van der Waals surface area contributed by atoms with Gasteiger partial charge in [-0.15, -0.1) is 0 Å². The molecule has 41 heavy (non-hydrogen) atoms. The zero-order chi connectivity index (χ0) is 30.3. The number of rotatable bonds is 5. The van der Waals surface area contributed by atoms with Crippen molar-refractivity contribution < 1.29 is 38.8 Å². The molecule has 0 amide bonds. The van der Waals surface area contributed by atoms with E-state index in [1.165, 1.54) is 19.9 Å². The van der Waals surface area contributed by atoms with Gasteiger partial charge in [-0.25, -0.2) is 4.79 Å². The van der Waals surface area contributed by atoms with Gasteiger partial charge in [0.1, 0.15) is 18.3 Å². The van der Waals surface area contributed by atoms with E-state index < -0.39 is 71.1 Å². The largest absolute Gasteiger partial charge is 0.458 e. The molecular formula is C33H42O8. The summed E-state index contributed by atoms with van der Waals surface area (Å²) in [7, 11) is 0. The van der Waals surface area contributed by atoms with Crippen molar-refractivity contribution in [2.75, 3.05) is 0 Å². The lowest BCUT2D eigenvalue weighted by molar-refractivity contribution is -0.182. The molecule has 0 heterocycles. The van der Waals surface area contributed by atoms with E-state index in [0.717, 1.165) is 5.56 Å². The minimum atomic E-state index is -1.21. The van der Waals surface area contributed by atoms with E-state index in [1.807, 2.05) is 58.0 Å². The molecule has 8 nitrogen and oxygen atoms in total. The molecule has 0 radical (unpaired) electrons. The second kappa shape index (κ2) is 11.6. The van der Waals surface area contributed by atoms with Crippen LogP contribution in [0.2, 0.25) is 0 Å². The van der Waals surface area contributed by atoms with Crippen molar-refractivity contribution in [1.29, 1.82) is 0 Å². The Morgan fingerprint density at radius 1 is 0.976 bits per heavy atom. The monoisotopic (exact) mass is 566 g/mol. The Balaban J connectivity index is 1.73. The molecule has 2 saturated carbocycles. The van der Waals surface area contributed by atoms with Gasteiger partial charge in [-0.05, 0) is 65.9 Å². The highest BCUT2D eigenvalue weighted by Crippen LogP contribution is 2.59. The van der Waals surface area contributed by atoms with E-state index in [4.69, 9.17) is 14.2 Å². The van der Waals surface area contributed by atoms with Crippen molar-refractivity contribution >= 4 is 24.0 Å². The summed E-state index contributed by atoms with van der Waals surface area (Å²) in [4.78, 5) is 37.2. The third kappa shape index (κ3) is 5.77. The van der Waals surface area contributed by atoms with Gasteiger partial charge in [0.15, 0.2) is 6.10 Å². The lowest BCUT2D eigenvalue weighted by Gasteiger charge is -2.59. The van der Waals surface area contributed by atoms with Crippen molar-refractivity contribution in [2.24, 2.45) is 22.7 Å². The minimum Gasteiger partial charge on any atom is -0.458 e. The smallest absolute Gasteiger partial charge is 0.331 e. The molecule has 8 heteroatoms. The maximum Gasteiger partial charge on any atom is 0.331 e. The second-order valence-corrected chi connectivity index (χ2v) is 12.5. The summed E-state index contributed by atoms with van der Waals surface area (Å²) in [6.45, 7) is 14.5. The molecule has 2 N–H and O–H groups in total. The van der Waals surface area contributed by atoms with E-state index in [-0.39, 0.29) is 0 Å². The van der Waals surface area contributed by atoms with Gasteiger partial charge < -0.3 is 24.4 Å². The van der Waals surface area contributed by atoms with Crippen LogP contribution in [0.15, 0.2) is 59.7 Å². The molecule has 0 spiro atoms. The van der Waals surface area contributed by atoms with Gasteiger partial charge in [-0.1, -0.05) is 57.7 Å². The molecule has 1 aromatic rings. The lowest BCUT2D eigenvalue weighted by Crippen LogP contribution is -2.63. The molecule has 2 fully saturated rings. The first-order valence-electron chi connectivity index (χ1n) is 14.2. The molecule has 0 aliphatic heterocycles. The van der Waals surface area contributed by atoms with Gasteiger partial charge in [0.2, 0.25) is 0 Å². The zero-order valence-electron chi connectivity index (χ0n) is 24.8. The maximum absolute atomic E-state index is 12.8. The molecule has 3 aliphatic rings. The number of carbonyl (C=O) groups is 3. The first-order valence-corrected chi connectivity index (χ1v) is 14.2. The Morgan fingerprint density at radius 3 is 2.22 bits per heavy atom. The quantitative estimate of drug-likeness (QED) is 0.231. The van der Waals surface area contributed by atoms with Crippen molar-refractivity contribution in [2.45, 2.75) is 91.3 Å². The molecule has 2 bridgehead atoms. The average molecular weight is 567 g/mol. The number of carbonyl (C=O) groups excluding carboxylic acids is 3. The number of aliphatic hydroxyl groups excluding tert-OH is 2. The first kappa shape index (κ1) is 30.7. The standard InChI is InChI=1S/C33H42O8/c1-18-24(41-26(36)14-13-22-11-9-8-10-12-22)15-16-33(7)27(18)29(37)23-17-25(39-20(3)34)19(2)28(32(23,5)6)30(31(33)38)40-21(4)35/h8-14,23-25,27,29-31,37-38H,1,15-17H2,2-7H3/b14-13+/t23-,24-,25-,27-,29+,30+,31-,33+/m0/s1. The van der Waals surface area contributed by atoms with Crippen LogP contribution >= 0.6 is 0 Å². The SMILES string of the molecule is C=C1[C@@H](OC(=O)/C=C/c2ccccc2)CC[C@@]2(C)[C@@H](O)[C@H](OC(C)=O)C3=C(C)[C@@H](OC(C)=O)C[C@@H]([C@@H](O)[C@H]12)C3(C)C. The molecular weight excluding hydrogens is 524 g/mol. The van der Waals surface area contributed by atoms with Crippen LogP contribution < -0.4 is 0 Å². The summed E-state index contributed by atoms with van der Waals surface area (Å²) in [6, 6.07) is 9.39. The molecule has 0 saturated heterocycles. The van der Waals surface area contributed by atoms with E-state index in [1.54, 1.807) is 6.08 Å². The van der Waals surface area contributed by atoms with Gasteiger partial charge in [0.25, 0.3) is 0 Å². The van der Waals surface area contributed by atoms with Gasteiger partial charge in [-0.2, -0.15) is 0 Å². The molecule has 222 valence electrons. The van der Waals surface area contributed by atoms with Crippen molar-refractivity contribution in [3.63, 3.8) is 0 Å². The third-order valence-electron chi connectivity index (χ3n) is 9.54. The van der Waals surface area contributed by atoms with Crippen molar-refractivity contribution in [3.05, 3.63) is 65.3 Å². The molecule has 0 unspecified atom stereocenters. The van der Waals surface area contributed by atoms with E-state index in [9.17, 15) is 24.6 Å². The number of esters is 3. The van der Waals surface area contributed by atoms with Crippen LogP contribution in [0.3, 0.4) is 0 Å². The van der Waals surface area contributed by atoms with Gasteiger partial charge in [-0.3, -0.25) is 9.59 Å². The Hall–Kier alpha value is -3.23. The van der Waals surface area contributed by atoms with Crippen molar-refractivity contribution in [1.82, 2.24) is 0 Å². The Kier molecular flexibility index (Phi) is 8.67. The predicted octanol–water partition coefficient (Wildman–Crippen LogP) is 4.55. The van der Waals surface area contributed by atoms with Gasteiger partial charge in [0.05, 0.1) is 6.10 Å². The summed E-state index contributed by atoms with van der Waals surface area (Å²) < 4.78 is 17.3. The normalized spacial score (nSPS) is 34.7. The summed E-state index contributed by atoms with van der Waals surface area (Å²) >= 11 is 0. The topological polar surface area (TPSA) is 119 Å². The number of fused-ring (bicyclic) bond motifs is 3. The fourth-order valence-corrected chi connectivity index (χ4v) is 7.51. The third-order valence-corrected chi connectivity index (χ3v) is 9.54. The highest BCUT2D eigenvalue weighted by Gasteiger charge is 2.62. The van der Waals surface area contributed by atoms with Gasteiger partial charge in [0, 0.05) is 31.3 Å². The number of aliphatic hydroxyl groups is 2. The number of benzene rings is 1. The van der Waals surface area contributed by atoms with Crippen molar-refractivity contribution in [3.8, 4) is 0 Å². The first-order chi connectivity index (χ1) is 19.2. The van der Waals surface area contributed by atoms with Crippen LogP contribution in [0.1, 0.15) is 66.4 Å². The van der Waals surface area contributed by atoms with E-state index in [2.05, 4.69) is 6.58 Å². The summed E-state index contributed by atoms with van der Waals surface area (Å²) in [5, 5.41) is 24.2. The molecule has 3 aliphatic carbocycles.